The molecule has 1 aromatic rings. The van der Waals surface area contributed by atoms with Crippen LogP contribution in [0.1, 0.15) is 12.6 Å². The summed E-state index contributed by atoms with van der Waals surface area (Å²) < 4.78 is 0. The number of hydrogen-bond acceptors (Lipinski definition) is 4. The SMILES string of the molecule is CCNC(=S)N/N=C/c1cscn1. The summed E-state index contributed by atoms with van der Waals surface area (Å²) in [5, 5.41) is 9.24. The van der Waals surface area contributed by atoms with Gasteiger partial charge in [-0.25, -0.2) is 4.98 Å². The molecule has 0 spiro atoms. The summed E-state index contributed by atoms with van der Waals surface area (Å²) in [4.78, 5) is 4.02. The van der Waals surface area contributed by atoms with Crippen molar-refractivity contribution in [3.63, 3.8) is 0 Å². The highest BCUT2D eigenvalue weighted by molar-refractivity contribution is 7.80. The van der Waals surface area contributed by atoms with E-state index in [0.29, 0.717) is 5.11 Å². The van der Waals surface area contributed by atoms with Crippen molar-refractivity contribution >= 4 is 34.9 Å². The summed E-state index contributed by atoms with van der Waals surface area (Å²) >= 11 is 6.42. The van der Waals surface area contributed by atoms with Gasteiger partial charge in [0, 0.05) is 11.9 Å². The van der Waals surface area contributed by atoms with Gasteiger partial charge in [0.05, 0.1) is 17.4 Å². The molecule has 0 bridgehead atoms. The van der Waals surface area contributed by atoms with Gasteiger partial charge in [0.2, 0.25) is 0 Å². The first kappa shape index (κ1) is 10.1. The molecule has 0 aliphatic carbocycles. The lowest BCUT2D eigenvalue weighted by Crippen LogP contribution is -2.31. The molecule has 1 rings (SSSR count). The van der Waals surface area contributed by atoms with Crippen molar-refractivity contribution in [2.45, 2.75) is 6.92 Å². The number of thiazole rings is 1. The van der Waals surface area contributed by atoms with Crippen LogP contribution in [0, 0.1) is 0 Å². The number of nitrogens with zero attached hydrogens (tertiary/aromatic N) is 2. The van der Waals surface area contributed by atoms with Crippen molar-refractivity contribution in [1.29, 1.82) is 0 Å². The number of rotatable bonds is 3. The Hall–Kier alpha value is -1.01. The maximum atomic E-state index is 4.89. The van der Waals surface area contributed by atoms with Gasteiger partial charge >= 0.3 is 0 Å². The maximum absolute atomic E-state index is 4.89. The van der Waals surface area contributed by atoms with Crippen molar-refractivity contribution in [2.24, 2.45) is 5.10 Å². The molecular formula is C7H10N4S2. The molecule has 0 atom stereocenters. The lowest BCUT2D eigenvalue weighted by molar-refractivity contribution is 0.904. The third-order valence-corrected chi connectivity index (χ3v) is 1.99. The van der Waals surface area contributed by atoms with Crippen LogP contribution in [0.2, 0.25) is 0 Å². The molecule has 13 heavy (non-hydrogen) atoms. The summed E-state index contributed by atoms with van der Waals surface area (Å²) in [7, 11) is 0. The molecule has 0 radical (unpaired) electrons. The van der Waals surface area contributed by atoms with Crippen molar-refractivity contribution in [2.75, 3.05) is 6.54 Å². The van der Waals surface area contributed by atoms with E-state index in [0.717, 1.165) is 12.2 Å². The molecule has 1 aromatic heterocycles. The van der Waals surface area contributed by atoms with E-state index in [9.17, 15) is 0 Å². The average molecular weight is 214 g/mol. The molecule has 0 unspecified atom stereocenters. The molecule has 0 saturated heterocycles. The highest BCUT2D eigenvalue weighted by atomic mass is 32.1. The minimum atomic E-state index is 0.522. The van der Waals surface area contributed by atoms with Gasteiger partial charge in [-0.3, -0.25) is 5.43 Å². The highest BCUT2D eigenvalue weighted by Crippen LogP contribution is 1.96. The topological polar surface area (TPSA) is 49.3 Å². The molecule has 2 N–H and O–H groups in total. The van der Waals surface area contributed by atoms with Crippen LogP contribution in [0.25, 0.3) is 0 Å². The van der Waals surface area contributed by atoms with Crippen molar-refractivity contribution in [1.82, 2.24) is 15.7 Å². The molecule has 70 valence electrons. The van der Waals surface area contributed by atoms with Gasteiger partial charge in [-0.1, -0.05) is 0 Å². The van der Waals surface area contributed by atoms with Crippen LogP contribution in [0.4, 0.5) is 0 Å². The molecular weight excluding hydrogens is 204 g/mol. The number of hydrazone groups is 1. The average Bonchev–Trinajstić information content (AvgIpc) is 2.57. The van der Waals surface area contributed by atoms with Crippen LogP contribution in [0.5, 0.6) is 0 Å². The Kier molecular flexibility index (Phi) is 4.34. The molecule has 0 saturated carbocycles. The predicted octanol–water partition coefficient (Wildman–Crippen LogP) is 0.961. The third kappa shape index (κ3) is 3.95. The molecule has 1 heterocycles. The van der Waals surface area contributed by atoms with E-state index in [4.69, 9.17) is 12.2 Å². The Labute approximate surface area is 86.1 Å². The molecule has 0 aliphatic rings. The van der Waals surface area contributed by atoms with Crippen molar-refractivity contribution in [3.8, 4) is 0 Å². The lowest BCUT2D eigenvalue weighted by Gasteiger charge is -2.01. The standard InChI is InChI=1S/C7H10N4S2/c1-2-8-7(12)11-10-3-6-4-13-5-9-6/h3-5H,2H2,1H3,(H2,8,11,12)/b10-3+. The summed E-state index contributed by atoms with van der Waals surface area (Å²) in [6.07, 6.45) is 1.63. The summed E-state index contributed by atoms with van der Waals surface area (Å²) in [6, 6.07) is 0. The molecule has 0 fully saturated rings. The Morgan fingerprint density at radius 1 is 1.85 bits per heavy atom. The Balaban J connectivity index is 2.30. The first-order valence-corrected chi connectivity index (χ1v) is 5.13. The fraction of sp³-hybridized carbons (Fsp3) is 0.286. The Bertz CT molecular complexity index is 281. The van der Waals surface area contributed by atoms with Crippen molar-refractivity contribution in [3.05, 3.63) is 16.6 Å². The molecule has 0 aliphatic heterocycles. The van der Waals surface area contributed by atoms with Gasteiger partial charge in [0.15, 0.2) is 5.11 Å². The van der Waals surface area contributed by atoms with Gasteiger partial charge in [0.1, 0.15) is 0 Å². The van der Waals surface area contributed by atoms with E-state index in [1.807, 2.05) is 12.3 Å². The maximum Gasteiger partial charge on any atom is 0.186 e. The van der Waals surface area contributed by atoms with Crippen LogP contribution in [0.15, 0.2) is 16.0 Å². The number of thiocarbonyl (C=S) groups is 1. The normalized spacial score (nSPS) is 10.2. The van der Waals surface area contributed by atoms with E-state index >= 15 is 0 Å². The fourth-order valence-electron chi connectivity index (χ4n) is 0.643. The largest absolute Gasteiger partial charge is 0.362 e. The summed E-state index contributed by atoms with van der Waals surface area (Å²) in [5.74, 6) is 0. The minimum absolute atomic E-state index is 0.522. The minimum Gasteiger partial charge on any atom is -0.362 e. The van der Waals surface area contributed by atoms with Gasteiger partial charge < -0.3 is 5.32 Å². The zero-order chi connectivity index (χ0) is 9.52. The number of aromatic nitrogens is 1. The fourth-order valence-corrected chi connectivity index (χ4v) is 1.34. The molecule has 6 heteroatoms. The molecule has 4 nitrogen and oxygen atoms in total. The second-order valence-corrected chi connectivity index (χ2v) is 3.27. The molecule has 0 amide bonds. The lowest BCUT2D eigenvalue weighted by atomic mass is 10.6. The zero-order valence-electron chi connectivity index (χ0n) is 7.15. The van der Waals surface area contributed by atoms with E-state index in [2.05, 4.69) is 20.8 Å². The summed E-state index contributed by atoms with van der Waals surface area (Å²) in [6.45, 7) is 2.76. The smallest absolute Gasteiger partial charge is 0.186 e. The quantitative estimate of drug-likeness (QED) is 0.447. The van der Waals surface area contributed by atoms with Gasteiger partial charge in [-0.05, 0) is 19.1 Å². The van der Waals surface area contributed by atoms with Gasteiger partial charge in [0.25, 0.3) is 0 Å². The van der Waals surface area contributed by atoms with Crippen LogP contribution in [-0.4, -0.2) is 22.9 Å². The molecule has 0 aromatic carbocycles. The van der Waals surface area contributed by atoms with E-state index in [1.54, 1.807) is 11.7 Å². The Morgan fingerprint density at radius 3 is 3.31 bits per heavy atom. The first-order chi connectivity index (χ1) is 6.33. The summed E-state index contributed by atoms with van der Waals surface area (Å²) in [5.41, 5.74) is 5.26. The van der Waals surface area contributed by atoms with E-state index in [1.165, 1.54) is 11.3 Å². The second kappa shape index (κ2) is 5.60. The van der Waals surface area contributed by atoms with Crippen LogP contribution in [-0.2, 0) is 0 Å². The third-order valence-electron chi connectivity index (χ3n) is 1.15. The number of nitrogens with one attached hydrogen (secondary N) is 2. The first-order valence-electron chi connectivity index (χ1n) is 3.78. The van der Waals surface area contributed by atoms with Crippen molar-refractivity contribution < 1.29 is 0 Å². The Morgan fingerprint density at radius 2 is 2.69 bits per heavy atom. The highest BCUT2D eigenvalue weighted by Gasteiger charge is 1.89. The van der Waals surface area contributed by atoms with Crippen LogP contribution < -0.4 is 10.7 Å². The second-order valence-electron chi connectivity index (χ2n) is 2.14. The monoisotopic (exact) mass is 214 g/mol. The van der Waals surface area contributed by atoms with E-state index < -0.39 is 0 Å². The predicted molar refractivity (Wildman–Crippen MR) is 59.1 cm³/mol. The van der Waals surface area contributed by atoms with Gasteiger partial charge in [-0.2, -0.15) is 5.10 Å². The van der Waals surface area contributed by atoms with Gasteiger partial charge in [-0.15, -0.1) is 11.3 Å². The van der Waals surface area contributed by atoms with E-state index in [-0.39, 0.29) is 0 Å². The van der Waals surface area contributed by atoms with Crippen LogP contribution >= 0.6 is 23.6 Å². The number of hydrogen-bond donors (Lipinski definition) is 2. The van der Waals surface area contributed by atoms with Crippen LogP contribution in [0.3, 0.4) is 0 Å². The zero-order valence-corrected chi connectivity index (χ0v) is 8.78.